The van der Waals surface area contributed by atoms with E-state index in [0.29, 0.717) is 6.42 Å². The molecule has 0 radical (unpaired) electrons. The molecule has 1 rings (SSSR count). The third-order valence-corrected chi connectivity index (χ3v) is 2.25. The Morgan fingerprint density at radius 1 is 1.58 bits per heavy atom. The van der Waals surface area contributed by atoms with Gasteiger partial charge in [0.25, 0.3) is 0 Å². The molecule has 0 bridgehead atoms. The first-order valence-electron chi connectivity index (χ1n) is 4.55. The first-order valence-corrected chi connectivity index (χ1v) is 4.98. The van der Waals surface area contributed by atoms with E-state index in [9.17, 15) is 4.79 Å². The van der Waals surface area contributed by atoms with Crippen LogP contribution < -0.4 is 0 Å². The van der Waals surface area contributed by atoms with Gasteiger partial charge in [0.2, 0.25) is 0 Å². The van der Waals surface area contributed by atoms with Crippen molar-refractivity contribution in [3.63, 3.8) is 0 Å². The predicted octanol–water partition coefficient (Wildman–Crippen LogP) is 3.07. The molecule has 68 valence electrons. The number of rotatable bonds is 3. The van der Waals surface area contributed by atoms with Gasteiger partial charge in [-0.15, -0.1) is 11.6 Å². The quantitative estimate of drug-likeness (QED) is 0.489. The second-order valence-electron chi connectivity index (χ2n) is 3.46. The Hall–Kier alpha value is -0.300. The maximum atomic E-state index is 11.2. The highest BCUT2D eigenvalue weighted by Gasteiger charge is 2.09. The van der Waals surface area contributed by atoms with Crippen LogP contribution in [0.4, 0.5) is 0 Å². The third-order valence-electron chi connectivity index (χ3n) is 2.09. The fourth-order valence-electron chi connectivity index (χ4n) is 1.54. The highest BCUT2D eigenvalue weighted by molar-refractivity contribution is 6.21. The van der Waals surface area contributed by atoms with Gasteiger partial charge < -0.3 is 0 Å². The summed E-state index contributed by atoms with van der Waals surface area (Å²) in [5.41, 5.74) is 1.32. The van der Waals surface area contributed by atoms with E-state index in [0.717, 1.165) is 12.8 Å². The molecule has 0 N–H and O–H groups in total. The van der Waals surface area contributed by atoms with E-state index < -0.39 is 0 Å². The maximum absolute atomic E-state index is 11.2. The summed E-state index contributed by atoms with van der Waals surface area (Å²) in [4.78, 5) is 11.2. The van der Waals surface area contributed by atoms with Crippen LogP contribution in [-0.2, 0) is 4.79 Å². The van der Waals surface area contributed by atoms with E-state index in [-0.39, 0.29) is 11.2 Å². The SMILES string of the molecule is CC(Cl)CC(=O)C=C1CCCC1. The molecule has 1 aliphatic rings. The Bertz CT molecular complexity index is 186. The van der Waals surface area contributed by atoms with E-state index in [1.54, 1.807) is 6.08 Å². The molecule has 0 aromatic heterocycles. The molecule has 0 spiro atoms. The number of carbonyl (C=O) groups excluding carboxylic acids is 1. The summed E-state index contributed by atoms with van der Waals surface area (Å²) >= 11 is 5.71. The summed E-state index contributed by atoms with van der Waals surface area (Å²) in [5.74, 6) is 0.189. The number of carbonyl (C=O) groups is 1. The molecule has 1 atom stereocenters. The normalized spacial score (nSPS) is 19.3. The van der Waals surface area contributed by atoms with E-state index in [4.69, 9.17) is 11.6 Å². The van der Waals surface area contributed by atoms with Gasteiger partial charge in [-0.2, -0.15) is 0 Å². The molecule has 2 heteroatoms. The molecule has 1 aliphatic carbocycles. The van der Waals surface area contributed by atoms with Crippen molar-refractivity contribution in [2.75, 3.05) is 0 Å². The Kier molecular flexibility index (Phi) is 3.80. The van der Waals surface area contributed by atoms with Crippen LogP contribution in [0, 0.1) is 0 Å². The molecule has 0 aromatic rings. The summed E-state index contributed by atoms with van der Waals surface area (Å²) < 4.78 is 0. The summed E-state index contributed by atoms with van der Waals surface area (Å²) in [5, 5.41) is -0.0317. The van der Waals surface area contributed by atoms with Gasteiger partial charge in [0, 0.05) is 11.8 Å². The van der Waals surface area contributed by atoms with Gasteiger partial charge in [-0.3, -0.25) is 4.79 Å². The predicted molar refractivity (Wildman–Crippen MR) is 51.5 cm³/mol. The minimum Gasteiger partial charge on any atom is -0.295 e. The third kappa shape index (κ3) is 3.40. The van der Waals surface area contributed by atoms with Crippen molar-refractivity contribution >= 4 is 17.4 Å². The van der Waals surface area contributed by atoms with Crippen molar-refractivity contribution in [2.24, 2.45) is 0 Å². The molecule has 0 amide bonds. The van der Waals surface area contributed by atoms with Crippen LogP contribution >= 0.6 is 11.6 Å². The lowest BCUT2D eigenvalue weighted by molar-refractivity contribution is -0.114. The zero-order valence-corrected chi connectivity index (χ0v) is 8.23. The van der Waals surface area contributed by atoms with Crippen LogP contribution in [0.5, 0.6) is 0 Å². The molecule has 0 aliphatic heterocycles. The lowest BCUT2D eigenvalue weighted by atomic mass is 10.1. The van der Waals surface area contributed by atoms with Crippen molar-refractivity contribution in [1.82, 2.24) is 0 Å². The largest absolute Gasteiger partial charge is 0.295 e. The van der Waals surface area contributed by atoms with Crippen molar-refractivity contribution < 1.29 is 4.79 Å². The van der Waals surface area contributed by atoms with E-state index in [1.165, 1.54) is 18.4 Å². The van der Waals surface area contributed by atoms with Crippen LogP contribution in [0.1, 0.15) is 39.0 Å². The summed E-state index contributed by atoms with van der Waals surface area (Å²) in [6.07, 6.45) is 6.99. The number of hydrogen-bond acceptors (Lipinski definition) is 1. The second-order valence-corrected chi connectivity index (χ2v) is 4.21. The minimum absolute atomic E-state index is 0.0317. The van der Waals surface area contributed by atoms with Crippen LogP contribution in [0.15, 0.2) is 11.6 Å². The smallest absolute Gasteiger partial charge is 0.157 e. The molecular formula is C10H15ClO. The van der Waals surface area contributed by atoms with E-state index in [1.807, 2.05) is 6.92 Å². The number of allylic oxidation sites excluding steroid dienone is 2. The molecule has 0 saturated heterocycles. The second kappa shape index (κ2) is 4.66. The fraction of sp³-hybridized carbons (Fsp3) is 0.700. The fourth-order valence-corrected chi connectivity index (χ4v) is 1.69. The molecule has 0 heterocycles. The topological polar surface area (TPSA) is 17.1 Å². The van der Waals surface area contributed by atoms with Gasteiger partial charge in [0.05, 0.1) is 0 Å². The Morgan fingerprint density at radius 3 is 2.67 bits per heavy atom. The van der Waals surface area contributed by atoms with Crippen molar-refractivity contribution in [1.29, 1.82) is 0 Å². The Morgan fingerprint density at radius 2 is 2.17 bits per heavy atom. The van der Waals surface area contributed by atoms with Crippen LogP contribution in [0.25, 0.3) is 0 Å². The molecular weight excluding hydrogens is 172 g/mol. The van der Waals surface area contributed by atoms with Crippen molar-refractivity contribution in [3.8, 4) is 0 Å². The van der Waals surface area contributed by atoms with E-state index in [2.05, 4.69) is 0 Å². The molecule has 0 aromatic carbocycles. The van der Waals surface area contributed by atoms with Gasteiger partial charge >= 0.3 is 0 Å². The Balaban J connectivity index is 2.38. The minimum atomic E-state index is -0.0317. The number of alkyl halides is 1. The summed E-state index contributed by atoms with van der Waals surface area (Å²) in [7, 11) is 0. The molecule has 1 fully saturated rings. The average molecular weight is 187 g/mol. The zero-order chi connectivity index (χ0) is 8.97. The highest BCUT2D eigenvalue weighted by Crippen LogP contribution is 2.23. The monoisotopic (exact) mass is 186 g/mol. The molecule has 1 nitrogen and oxygen atoms in total. The van der Waals surface area contributed by atoms with Crippen molar-refractivity contribution in [2.45, 2.75) is 44.4 Å². The molecule has 1 unspecified atom stereocenters. The van der Waals surface area contributed by atoms with E-state index >= 15 is 0 Å². The zero-order valence-electron chi connectivity index (χ0n) is 7.48. The maximum Gasteiger partial charge on any atom is 0.157 e. The standard InChI is InChI=1S/C10H15ClO/c1-8(11)6-10(12)7-9-4-2-3-5-9/h7-8H,2-6H2,1H3. The number of ketones is 1. The molecule has 12 heavy (non-hydrogen) atoms. The first-order chi connectivity index (χ1) is 5.68. The van der Waals surface area contributed by atoms with Crippen LogP contribution in [-0.4, -0.2) is 11.2 Å². The highest BCUT2D eigenvalue weighted by atomic mass is 35.5. The molecule has 1 saturated carbocycles. The summed E-state index contributed by atoms with van der Waals surface area (Å²) in [6, 6.07) is 0. The summed E-state index contributed by atoms with van der Waals surface area (Å²) in [6.45, 7) is 1.85. The van der Waals surface area contributed by atoms with Gasteiger partial charge in [-0.05, 0) is 38.7 Å². The van der Waals surface area contributed by atoms with Crippen molar-refractivity contribution in [3.05, 3.63) is 11.6 Å². The lowest BCUT2D eigenvalue weighted by Gasteiger charge is -1.98. The van der Waals surface area contributed by atoms with Gasteiger partial charge in [-0.25, -0.2) is 0 Å². The van der Waals surface area contributed by atoms with Gasteiger partial charge in [-0.1, -0.05) is 5.57 Å². The first kappa shape index (κ1) is 9.79. The number of hydrogen-bond donors (Lipinski definition) is 0. The lowest BCUT2D eigenvalue weighted by Crippen LogP contribution is -2.01. The Labute approximate surface area is 78.8 Å². The number of halogens is 1. The van der Waals surface area contributed by atoms with Gasteiger partial charge in [0.1, 0.15) is 0 Å². The average Bonchev–Trinajstić information content (AvgIpc) is 2.37. The van der Waals surface area contributed by atoms with Crippen LogP contribution in [0.3, 0.4) is 0 Å². The van der Waals surface area contributed by atoms with Crippen LogP contribution in [0.2, 0.25) is 0 Å². The van der Waals surface area contributed by atoms with Gasteiger partial charge in [0.15, 0.2) is 5.78 Å².